The molecule has 0 amide bonds. The fourth-order valence-electron chi connectivity index (χ4n) is 2.37. The molecule has 0 rings (SSSR count). The first-order valence-corrected chi connectivity index (χ1v) is 16.0. The Labute approximate surface area is 225 Å². The second kappa shape index (κ2) is 22.7. The van der Waals surface area contributed by atoms with Crippen LogP contribution in [-0.4, -0.2) is 31.3 Å². The van der Waals surface area contributed by atoms with Crippen molar-refractivity contribution in [2.24, 2.45) is 5.92 Å². The first kappa shape index (κ1) is 37.9. The molecule has 1 atom stereocenters. The van der Waals surface area contributed by atoms with Gasteiger partial charge in [-0.05, 0) is 71.6 Å². The van der Waals surface area contributed by atoms with Gasteiger partial charge in [-0.25, -0.2) is 4.57 Å². The normalized spacial score (nSPS) is 14.6. The lowest BCUT2D eigenvalue weighted by atomic mass is 10.0. The predicted octanol–water partition coefficient (Wildman–Crippen LogP) is 8.17. The molecule has 0 aromatic heterocycles. The number of rotatable bonds is 17. The third-order valence-electron chi connectivity index (χ3n) is 5.00. The van der Waals surface area contributed by atoms with E-state index in [0.717, 1.165) is 51.4 Å². The summed E-state index contributed by atoms with van der Waals surface area (Å²) in [5.41, 5.74) is 0. The topological polar surface area (TPSA) is 124 Å². The van der Waals surface area contributed by atoms with Gasteiger partial charge in [-0.1, -0.05) is 93.2 Å². The first-order valence-electron chi connectivity index (χ1n) is 12.9. The van der Waals surface area contributed by atoms with E-state index in [1.807, 2.05) is 6.92 Å². The molecule has 37 heavy (non-hydrogen) atoms. The lowest BCUT2D eigenvalue weighted by molar-refractivity contribution is 0.166. The molecule has 1 unspecified atom stereocenters. The second-order valence-corrected chi connectivity index (χ2v) is 13.1. The molecule has 0 aliphatic rings. The smallest absolute Gasteiger partial charge is 0.324 e. The van der Waals surface area contributed by atoms with Crippen molar-refractivity contribution in [3.63, 3.8) is 0 Å². The minimum atomic E-state index is -4.36. The minimum Gasteiger partial charge on any atom is -0.324 e. The van der Waals surface area contributed by atoms with Crippen molar-refractivity contribution in [2.75, 3.05) is 6.61 Å². The van der Waals surface area contributed by atoms with E-state index in [1.54, 1.807) is 0 Å². The van der Waals surface area contributed by atoms with Crippen LogP contribution in [0.15, 0.2) is 72.9 Å². The third-order valence-corrected chi connectivity index (χ3v) is 7.23. The molecule has 0 heterocycles. The quantitative estimate of drug-likeness (QED) is 0.104. The molecule has 0 saturated carbocycles. The van der Waals surface area contributed by atoms with E-state index in [2.05, 4.69) is 84.4 Å². The Morgan fingerprint density at radius 3 is 1.24 bits per heavy atom. The molecule has 214 valence electrons. The van der Waals surface area contributed by atoms with Gasteiger partial charge in [-0.2, -0.15) is 0 Å². The zero-order valence-corrected chi connectivity index (χ0v) is 25.1. The van der Waals surface area contributed by atoms with Crippen LogP contribution in [0.3, 0.4) is 0 Å². The zero-order chi connectivity index (χ0) is 28.6. The maximum Gasteiger partial charge on any atom is 0.469 e. The molecule has 4 N–H and O–H groups in total. The van der Waals surface area contributed by atoms with E-state index in [0.29, 0.717) is 0 Å². The van der Waals surface area contributed by atoms with Gasteiger partial charge in [-0.3, -0.25) is 9.09 Å². The van der Waals surface area contributed by atoms with Crippen molar-refractivity contribution >= 4 is 15.4 Å². The highest BCUT2D eigenvalue weighted by Crippen LogP contribution is 2.49. The van der Waals surface area contributed by atoms with Crippen molar-refractivity contribution in [1.82, 2.24) is 0 Å². The van der Waals surface area contributed by atoms with Crippen LogP contribution >= 0.6 is 15.4 Å². The average Bonchev–Trinajstić information content (AvgIpc) is 2.78. The van der Waals surface area contributed by atoms with Gasteiger partial charge in [0, 0.05) is 0 Å². The van der Waals surface area contributed by atoms with Crippen LogP contribution in [0.4, 0.5) is 0 Å². The van der Waals surface area contributed by atoms with Gasteiger partial charge in [0.25, 0.3) is 0 Å². The van der Waals surface area contributed by atoms with E-state index in [1.165, 1.54) is 20.8 Å². The molecule has 9 heteroatoms. The number of hydrogen-bond donors (Lipinski definition) is 4. The summed E-state index contributed by atoms with van der Waals surface area (Å²) in [6, 6.07) is 0. The van der Waals surface area contributed by atoms with Crippen LogP contribution in [0.5, 0.6) is 0 Å². The number of phosphoric ester groups is 1. The van der Waals surface area contributed by atoms with E-state index in [4.69, 9.17) is 19.6 Å². The summed E-state index contributed by atoms with van der Waals surface area (Å²) in [6.07, 6.45) is 33.4. The van der Waals surface area contributed by atoms with E-state index in [9.17, 15) is 9.13 Å². The number of allylic oxidation sites excluding steroid dienone is 12. The van der Waals surface area contributed by atoms with Crippen LogP contribution in [-0.2, 0) is 13.7 Å². The molecule has 0 bridgehead atoms. The standard InChI is InChI=1S/C24H39O4P.C4H11O3P/c1-3-5-6-7-8-9-10-11-12-13-14-15-16-17-18-19-20-21-22-24(4-2)23-28-29(25,26)27;1-4(2,3)8(5,6)7/h5-6,8-9,11-12,14-15,17-18,20-21,24H,3-4,7,10,13,16,19,22-23H2,1-2H3,(H2,25,26,27);1-3H3,(H2,5,6,7)/b6-5-,9-8-,12-11-,15-14-,18-17-,21-20-;. The second-order valence-electron chi connectivity index (χ2n) is 9.43. The van der Waals surface area contributed by atoms with Gasteiger partial charge in [-0.15, -0.1) is 0 Å². The fourth-order valence-corrected chi connectivity index (χ4v) is 2.77. The highest BCUT2D eigenvalue weighted by atomic mass is 31.2. The van der Waals surface area contributed by atoms with E-state index >= 15 is 0 Å². The molecule has 0 fully saturated rings. The van der Waals surface area contributed by atoms with Crippen LogP contribution in [0.2, 0.25) is 0 Å². The maximum absolute atomic E-state index is 10.7. The summed E-state index contributed by atoms with van der Waals surface area (Å²) in [5, 5.41) is -0.896. The van der Waals surface area contributed by atoms with Crippen molar-refractivity contribution in [2.45, 2.75) is 91.1 Å². The summed E-state index contributed by atoms with van der Waals surface area (Å²) in [6.45, 7) is 8.75. The maximum atomic E-state index is 10.7. The summed E-state index contributed by atoms with van der Waals surface area (Å²) in [4.78, 5) is 34.4. The van der Waals surface area contributed by atoms with Gasteiger partial charge in [0.05, 0.1) is 11.8 Å². The Hall–Kier alpha value is -1.30. The predicted molar refractivity (Wildman–Crippen MR) is 156 cm³/mol. The molecule has 0 radical (unpaired) electrons. The van der Waals surface area contributed by atoms with Crippen LogP contribution < -0.4 is 0 Å². The van der Waals surface area contributed by atoms with Gasteiger partial charge in [0.1, 0.15) is 0 Å². The zero-order valence-electron chi connectivity index (χ0n) is 23.3. The Kier molecular flexibility index (Phi) is 23.2. The van der Waals surface area contributed by atoms with Gasteiger partial charge < -0.3 is 19.6 Å². The minimum absolute atomic E-state index is 0.0901. The molecule has 0 saturated heterocycles. The molecular weight excluding hydrogens is 510 g/mol. The highest BCUT2D eigenvalue weighted by molar-refractivity contribution is 7.53. The Morgan fingerprint density at radius 1 is 0.649 bits per heavy atom. The Bertz CT molecular complexity index is 822. The van der Waals surface area contributed by atoms with Gasteiger partial charge in [0.2, 0.25) is 0 Å². The van der Waals surface area contributed by atoms with Crippen molar-refractivity contribution in [1.29, 1.82) is 0 Å². The van der Waals surface area contributed by atoms with Crippen molar-refractivity contribution in [3.8, 4) is 0 Å². The number of phosphoric acid groups is 1. The van der Waals surface area contributed by atoms with E-state index < -0.39 is 20.6 Å². The Balaban J connectivity index is 0. The molecule has 0 aliphatic carbocycles. The lowest BCUT2D eigenvalue weighted by Gasteiger charge is -2.18. The van der Waals surface area contributed by atoms with Crippen molar-refractivity contribution in [3.05, 3.63) is 72.9 Å². The van der Waals surface area contributed by atoms with Gasteiger partial charge in [0.15, 0.2) is 0 Å². The van der Waals surface area contributed by atoms with Crippen LogP contribution in [0.25, 0.3) is 0 Å². The summed E-state index contributed by atoms with van der Waals surface area (Å²) >= 11 is 0. The molecule has 0 aliphatic heterocycles. The lowest BCUT2D eigenvalue weighted by Crippen LogP contribution is -2.13. The first-order chi connectivity index (χ1) is 17.2. The Morgan fingerprint density at radius 2 is 0.973 bits per heavy atom. The molecule has 0 aromatic carbocycles. The summed E-state index contributed by atoms with van der Waals surface area (Å²) in [5.74, 6) is 0.132. The fraction of sp³-hybridized carbons (Fsp3) is 0.571. The molecule has 0 aromatic rings. The average molecular weight is 561 g/mol. The number of hydrogen-bond acceptors (Lipinski definition) is 3. The van der Waals surface area contributed by atoms with Gasteiger partial charge >= 0.3 is 15.4 Å². The molecule has 0 spiro atoms. The summed E-state index contributed by atoms with van der Waals surface area (Å²) in [7, 11) is -8.21. The third kappa shape index (κ3) is 29.1. The molecular formula is C28H50O7P2. The summed E-state index contributed by atoms with van der Waals surface area (Å²) < 4.78 is 25.6. The van der Waals surface area contributed by atoms with E-state index in [-0.39, 0.29) is 12.5 Å². The highest BCUT2D eigenvalue weighted by Gasteiger charge is 2.31. The van der Waals surface area contributed by atoms with Crippen LogP contribution in [0.1, 0.15) is 86.0 Å². The van der Waals surface area contributed by atoms with Crippen LogP contribution in [0, 0.1) is 5.92 Å². The molecule has 7 nitrogen and oxygen atoms in total. The largest absolute Gasteiger partial charge is 0.469 e. The SMILES string of the molecule is CC(C)(C)P(=O)(O)O.CC/C=C\C/C=C\C/C=C\C/C=C\C/C=C\C/C=C\CC(CC)COP(=O)(O)O. The monoisotopic (exact) mass is 560 g/mol. The van der Waals surface area contributed by atoms with Crippen molar-refractivity contribution < 1.29 is 33.2 Å².